The predicted molar refractivity (Wildman–Crippen MR) is 71.2 cm³/mol. The molecule has 0 spiro atoms. The normalized spacial score (nSPS) is 13.3. The molecule has 0 aromatic carbocycles. The third-order valence-corrected chi connectivity index (χ3v) is 2.51. The fraction of sp³-hybridized carbons (Fsp3) is 0.846. The zero-order valence-corrected chi connectivity index (χ0v) is 12.4. The monoisotopic (exact) mass is 258 g/mol. The zero-order valence-electron chi connectivity index (χ0n) is 12.4. The lowest BCUT2D eigenvalue weighted by Gasteiger charge is -2.28. The van der Waals surface area contributed by atoms with Gasteiger partial charge in [0.1, 0.15) is 0 Å². The Balaban J connectivity index is 4.13. The molecule has 5 heteroatoms. The summed E-state index contributed by atoms with van der Waals surface area (Å²) in [6.07, 6.45) is 0.303. The van der Waals surface area contributed by atoms with Crippen molar-refractivity contribution in [3.63, 3.8) is 0 Å². The highest BCUT2D eigenvalue weighted by molar-refractivity contribution is 5.82. The Kier molecular flexibility index (Phi) is 6.91. The van der Waals surface area contributed by atoms with Crippen LogP contribution in [0, 0.1) is 0 Å². The number of likely N-dealkylation sites (N-methyl/N-ethyl adjacent to an activating group) is 1. The van der Waals surface area contributed by atoms with Gasteiger partial charge in [0.25, 0.3) is 0 Å². The van der Waals surface area contributed by atoms with E-state index >= 15 is 0 Å². The van der Waals surface area contributed by atoms with Gasteiger partial charge in [0.05, 0.1) is 19.1 Å². The van der Waals surface area contributed by atoms with Crippen molar-refractivity contribution in [3.8, 4) is 0 Å². The molecule has 1 unspecified atom stereocenters. The van der Waals surface area contributed by atoms with Gasteiger partial charge in [0.15, 0.2) is 0 Å². The van der Waals surface area contributed by atoms with E-state index in [1.165, 1.54) is 0 Å². The summed E-state index contributed by atoms with van der Waals surface area (Å²) >= 11 is 0. The number of hydrogen-bond acceptors (Lipinski definition) is 4. The van der Waals surface area contributed by atoms with Gasteiger partial charge >= 0.3 is 5.97 Å². The summed E-state index contributed by atoms with van der Waals surface area (Å²) in [6, 6.07) is -0.265. The molecular weight excluding hydrogens is 232 g/mol. The molecule has 0 aromatic rings. The van der Waals surface area contributed by atoms with Crippen LogP contribution < -0.4 is 5.32 Å². The molecule has 0 aromatic heterocycles. The Morgan fingerprint density at radius 3 is 2.33 bits per heavy atom. The number of nitrogens with zero attached hydrogens (tertiary/aromatic N) is 1. The maximum absolute atomic E-state index is 11.9. The summed E-state index contributed by atoms with van der Waals surface area (Å²) in [4.78, 5) is 25.0. The van der Waals surface area contributed by atoms with Crippen LogP contribution in [-0.2, 0) is 14.3 Å². The van der Waals surface area contributed by atoms with E-state index in [1.807, 2.05) is 39.6 Å². The van der Waals surface area contributed by atoms with Crippen LogP contribution in [0.4, 0.5) is 0 Å². The number of carbonyl (C=O) groups excluding carboxylic acids is 2. The summed E-state index contributed by atoms with van der Waals surface area (Å²) in [6.45, 7) is 10.3. The highest BCUT2D eigenvalue weighted by Crippen LogP contribution is 2.03. The molecular formula is C13H26N2O3. The van der Waals surface area contributed by atoms with Gasteiger partial charge in [-0.1, -0.05) is 0 Å². The topological polar surface area (TPSA) is 58.6 Å². The lowest BCUT2D eigenvalue weighted by Crippen LogP contribution is -2.50. The van der Waals surface area contributed by atoms with Gasteiger partial charge < -0.3 is 10.1 Å². The standard InChI is InChI=1S/C13H26N2O3/c1-7-18-11(16)8-9-15(6)10(2)12(17)14-13(3,4)5/h10H,7-9H2,1-6H3,(H,14,17). The smallest absolute Gasteiger partial charge is 0.307 e. The molecule has 0 aliphatic carbocycles. The highest BCUT2D eigenvalue weighted by Gasteiger charge is 2.22. The minimum atomic E-state index is -0.265. The average Bonchev–Trinajstić information content (AvgIpc) is 2.22. The summed E-state index contributed by atoms with van der Waals surface area (Å²) in [5, 5.41) is 2.92. The van der Waals surface area contributed by atoms with Gasteiger partial charge in [-0.15, -0.1) is 0 Å². The SMILES string of the molecule is CCOC(=O)CCN(C)C(C)C(=O)NC(C)(C)C. The Hall–Kier alpha value is -1.10. The molecule has 1 amide bonds. The van der Waals surface area contributed by atoms with E-state index in [4.69, 9.17) is 4.74 Å². The average molecular weight is 258 g/mol. The fourth-order valence-electron chi connectivity index (χ4n) is 1.37. The Labute approximate surface area is 110 Å². The van der Waals surface area contributed by atoms with Crippen molar-refractivity contribution >= 4 is 11.9 Å². The van der Waals surface area contributed by atoms with Crippen LogP contribution >= 0.6 is 0 Å². The molecule has 1 atom stereocenters. The Morgan fingerprint density at radius 2 is 1.89 bits per heavy atom. The van der Waals surface area contributed by atoms with Crippen molar-refractivity contribution in [1.29, 1.82) is 0 Å². The lowest BCUT2D eigenvalue weighted by molar-refractivity contribution is -0.144. The molecule has 0 fully saturated rings. The van der Waals surface area contributed by atoms with Crippen LogP contribution in [-0.4, -0.2) is 48.6 Å². The number of rotatable bonds is 6. The summed E-state index contributed by atoms with van der Waals surface area (Å²) < 4.78 is 4.85. The van der Waals surface area contributed by atoms with Crippen molar-refractivity contribution in [2.24, 2.45) is 0 Å². The lowest BCUT2D eigenvalue weighted by atomic mass is 10.1. The molecule has 0 saturated carbocycles. The van der Waals surface area contributed by atoms with Gasteiger partial charge in [-0.05, 0) is 41.7 Å². The zero-order chi connectivity index (χ0) is 14.3. The van der Waals surface area contributed by atoms with Crippen molar-refractivity contribution in [1.82, 2.24) is 10.2 Å². The minimum absolute atomic E-state index is 0.0335. The molecule has 0 saturated heterocycles. The molecule has 18 heavy (non-hydrogen) atoms. The van der Waals surface area contributed by atoms with Crippen LogP contribution in [0.15, 0.2) is 0 Å². The molecule has 0 rings (SSSR count). The second-order valence-electron chi connectivity index (χ2n) is 5.45. The maximum Gasteiger partial charge on any atom is 0.307 e. The second-order valence-corrected chi connectivity index (χ2v) is 5.45. The molecule has 0 aliphatic rings. The van der Waals surface area contributed by atoms with Crippen LogP contribution in [0.25, 0.3) is 0 Å². The van der Waals surface area contributed by atoms with Crippen molar-refractivity contribution < 1.29 is 14.3 Å². The van der Waals surface area contributed by atoms with E-state index in [2.05, 4.69) is 5.32 Å². The molecule has 5 nitrogen and oxygen atoms in total. The van der Waals surface area contributed by atoms with Gasteiger partial charge in [0, 0.05) is 12.1 Å². The minimum Gasteiger partial charge on any atom is -0.466 e. The first-order valence-electron chi connectivity index (χ1n) is 6.35. The quantitative estimate of drug-likeness (QED) is 0.727. The van der Waals surface area contributed by atoms with Crippen LogP contribution in [0.5, 0.6) is 0 Å². The molecule has 0 bridgehead atoms. The third kappa shape index (κ3) is 7.27. The maximum atomic E-state index is 11.9. The van der Waals surface area contributed by atoms with Gasteiger partial charge in [-0.25, -0.2) is 0 Å². The predicted octanol–water partition coefficient (Wildman–Crippen LogP) is 1.17. The van der Waals surface area contributed by atoms with Crippen molar-refractivity contribution in [2.45, 2.75) is 52.6 Å². The van der Waals surface area contributed by atoms with Crippen molar-refractivity contribution in [2.75, 3.05) is 20.2 Å². The first kappa shape index (κ1) is 16.9. The van der Waals surface area contributed by atoms with Crippen LogP contribution in [0.2, 0.25) is 0 Å². The fourth-order valence-corrected chi connectivity index (χ4v) is 1.37. The number of carbonyl (C=O) groups is 2. The second kappa shape index (κ2) is 7.36. The van der Waals surface area contributed by atoms with Crippen LogP contribution in [0.1, 0.15) is 41.0 Å². The van der Waals surface area contributed by atoms with Crippen molar-refractivity contribution in [3.05, 3.63) is 0 Å². The molecule has 106 valence electrons. The Bertz CT molecular complexity index is 284. The largest absolute Gasteiger partial charge is 0.466 e. The number of hydrogen-bond donors (Lipinski definition) is 1. The first-order valence-corrected chi connectivity index (χ1v) is 6.35. The highest BCUT2D eigenvalue weighted by atomic mass is 16.5. The van der Waals surface area contributed by atoms with E-state index < -0.39 is 0 Å². The van der Waals surface area contributed by atoms with E-state index in [-0.39, 0.29) is 23.5 Å². The van der Waals surface area contributed by atoms with Crippen LogP contribution in [0.3, 0.4) is 0 Å². The molecule has 0 aliphatic heterocycles. The molecule has 1 N–H and O–H groups in total. The molecule has 0 heterocycles. The summed E-state index contributed by atoms with van der Waals surface area (Å²) in [7, 11) is 1.83. The number of amides is 1. The van der Waals surface area contributed by atoms with Gasteiger partial charge in [-0.3, -0.25) is 14.5 Å². The number of esters is 1. The first-order chi connectivity index (χ1) is 8.17. The van der Waals surface area contributed by atoms with E-state index in [0.29, 0.717) is 19.6 Å². The summed E-state index contributed by atoms with van der Waals surface area (Å²) in [5.41, 5.74) is -0.243. The van der Waals surface area contributed by atoms with E-state index in [9.17, 15) is 9.59 Å². The van der Waals surface area contributed by atoms with E-state index in [0.717, 1.165) is 0 Å². The molecule has 0 radical (unpaired) electrons. The van der Waals surface area contributed by atoms with Gasteiger partial charge in [0.2, 0.25) is 5.91 Å². The number of ether oxygens (including phenoxy) is 1. The Morgan fingerprint density at radius 1 is 1.33 bits per heavy atom. The van der Waals surface area contributed by atoms with E-state index in [1.54, 1.807) is 6.92 Å². The summed E-state index contributed by atoms with van der Waals surface area (Å²) in [5.74, 6) is -0.262. The number of nitrogens with one attached hydrogen (secondary N) is 1. The third-order valence-electron chi connectivity index (χ3n) is 2.51. The van der Waals surface area contributed by atoms with Gasteiger partial charge in [-0.2, -0.15) is 0 Å².